The van der Waals surface area contributed by atoms with Gasteiger partial charge < -0.3 is 9.47 Å². The van der Waals surface area contributed by atoms with Gasteiger partial charge in [-0.25, -0.2) is 0 Å². The highest BCUT2D eigenvalue weighted by molar-refractivity contribution is 9.09. The van der Waals surface area contributed by atoms with E-state index >= 15 is 0 Å². The molecule has 140 valence electrons. The van der Waals surface area contributed by atoms with Crippen molar-refractivity contribution in [1.82, 2.24) is 0 Å². The molecule has 0 aromatic heterocycles. The first kappa shape index (κ1) is 24.4. The number of hydrogen-bond acceptors (Lipinski definition) is 5. The Morgan fingerprint density at radius 1 is 0.783 bits per heavy atom. The molecule has 0 radical (unpaired) electrons. The van der Waals surface area contributed by atoms with E-state index in [-0.39, 0.29) is 9.49 Å². The van der Waals surface area contributed by atoms with Gasteiger partial charge in [-0.3, -0.25) is 0 Å². The predicted octanol–water partition coefficient (Wildman–Crippen LogP) is 3.59. The Hall–Kier alpha value is 1.40. The van der Waals surface area contributed by atoms with Gasteiger partial charge in [0.15, 0.2) is 0 Å². The lowest BCUT2D eigenvalue weighted by Crippen LogP contribution is -2.38. The molecule has 0 bridgehead atoms. The minimum absolute atomic E-state index is 0.154. The molecule has 0 aromatic carbocycles. The van der Waals surface area contributed by atoms with Gasteiger partial charge in [-0.1, -0.05) is 35.4 Å². The molecule has 0 amide bonds. The van der Waals surface area contributed by atoms with Gasteiger partial charge in [-0.15, -0.1) is 0 Å². The van der Waals surface area contributed by atoms with Crippen LogP contribution in [0, 0.1) is 0 Å². The summed E-state index contributed by atoms with van der Waals surface area (Å²) in [5.41, 5.74) is 0.753. The van der Waals surface area contributed by atoms with Gasteiger partial charge in [0, 0.05) is 30.0 Å². The highest BCUT2D eigenvalue weighted by Gasteiger charge is 2.33. The molecule has 4 unspecified atom stereocenters. The van der Waals surface area contributed by atoms with Crippen molar-refractivity contribution >= 4 is 51.9 Å². The highest BCUT2D eigenvalue weighted by Crippen LogP contribution is 2.50. The van der Waals surface area contributed by atoms with Gasteiger partial charge in [-0.2, -0.15) is 0 Å². The van der Waals surface area contributed by atoms with E-state index in [4.69, 9.17) is 9.47 Å². The Bertz CT molecular complexity index is 300. The standard InChI is InChI=1S/C16H38O2S3Si2/c1-9-11(3)17-13(22)15(5,6)19-21-20-16(7,8)14(23)18-12(4)10-2/h11-14H,9-10H2,1-8,22-23H3. The molecule has 0 saturated heterocycles. The summed E-state index contributed by atoms with van der Waals surface area (Å²) in [6.45, 7) is 18.0. The summed E-state index contributed by atoms with van der Waals surface area (Å²) in [5, 5.41) is 0. The van der Waals surface area contributed by atoms with Crippen LogP contribution in [0.1, 0.15) is 68.2 Å². The Kier molecular flexibility index (Phi) is 11.9. The van der Waals surface area contributed by atoms with E-state index in [1.165, 1.54) is 0 Å². The SMILES string of the molecule is CCC(C)OC([SiH3])C(C)(C)SSSC(C)(C)C([SiH3])OC(C)CC. The van der Waals surface area contributed by atoms with Crippen LogP contribution in [-0.2, 0) is 9.47 Å². The summed E-state index contributed by atoms with van der Waals surface area (Å²) in [5.74, 6) is 0. The van der Waals surface area contributed by atoms with Crippen LogP contribution in [0.2, 0.25) is 0 Å². The first-order valence-corrected chi connectivity index (χ1v) is 14.6. The normalized spacial score (nSPS) is 18.8. The van der Waals surface area contributed by atoms with Crippen molar-refractivity contribution in [3.63, 3.8) is 0 Å². The third kappa shape index (κ3) is 9.61. The molecule has 0 heterocycles. The molecule has 4 atom stereocenters. The number of hydrogen-bond donors (Lipinski definition) is 0. The predicted molar refractivity (Wildman–Crippen MR) is 120 cm³/mol. The summed E-state index contributed by atoms with van der Waals surface area (Å²) in [6.07, 6.45) is 2.90. The Labute approximate surface area is 162 Å². The van der Waals surface area contributed by atoms with Crippen molar-refractivity contribution < 1.29 is 9.47 Å². The summed E-state index contributed by atoms with van der Waals surface area (Å²) >= 11 is 0. The van der Waals surface area contributed by atoms with Crippen LogP contribution < -0.4 is 0 Å². The largest absolute Gasteiger partial charge is 0.378 e. The molecule has 0 saturated carbocycles. The summed E-state index contributed by atoms with van der Waals surface area (Å²) in [7, 11) is 7.96. The fourth-order valence-electron chi connectivity index (χ4n) is 1.54. The molecular formula is C16H38O2S3Si2. The number of ether oxygens (including phenoxy) is 2. The molecule has 2 nitrogen and oxygen atoms in total. The molecule has 0 N–H and O–H groups in total. The monoisotopic (exact) mass is 414 g/mol. The van der Waals surface area contributed by atoms with Crippen LogP contribution in [0.4, 0.5) is 0 Å². The highest BCUT2D eigenvalue weighted by atomic mass is 33.5. The van der Waals surface area contributed by atoms with Gasteiger partial charge in [0.25, 0.3) is 0 Å². The maximum atomic E-state index is 6.16. The molecule has 0 aromatic rings. The van der Waals surface area contributed by atoms with Crippen LogP contribution in [0.15, 0.2) is 0 Å². The molecule has 0 fully saturated rings. The van der Waals surface area contributed by atoms with Gasteiger partial charge in [0.05, 0.1) is 23.7 Å². The van der Waals surface area contributed by atoms with Crippen molar-refractivity contribution in [2.45, 2.75) is 101 Å². The fraction of sp³-hybridized carbons (Fsp3) is 1.00. The Morgan fingerprint density at radius 2 is 1.09 bits per heavy atom. The summed E-state index contributed by atoms with van der Waals surface area (Å²) in [4.78, 5) is 0. The van der Waals surface area contributed by atoms with Crippen molar-refractivity contribution in [3.05, 3.63) is 0 Å². The lowest BCUT2D eigenvalue weighted by molar-refractivity contribution is 0.0268. The Morgan fingerprint density at radius 3 is 1.35 bits per heavy atom. The molecule has 0 rings (SSSR count). The van der Waals surface area contributed by atoms with Gasteiger partial charge in [-0.05, 0) is 64.2 Å². The minimum Gasteiger partial charge on any atom is -0.378 e. The number of rotatable bonds is 12. The summed E-state index contributed by atoms with van der Waals surface area (Å²) in [6, 6.07) is 0. The van der Waals surface area contributed by atoms with Gasteiger partial charge >= 0.3 is 0 Å². The molecule has 7 heteroatoms. The topological polar surface area (TPSA) is 18.5 Å². The lowest BCUT2D eigenvalue weighted by atomic mass is 10.2. The maximum absolute atomic E-state index is 6.16. The van der Waals surface area contributed by atoms with E-state index in [0.29, 0.717) is 23.7 Å². The maximum Gasteiger partial charge on any atom is 0.0544 e. The van der Waals surface area contributed by atoms with Gasteiger partial charge in [0.2, 0.25) is 0 Å². The molecule has 23 heavy (non-hydrogen) atoms. The van der Waals surface area contributed by atoms with Crippen LogP contribution in [-0.4, -0.2) is 53.6 Å². The van der Waals surface area contributed by atoms with Crippen LogP contribution in [0.5, 0.6) is 0 Å². The zero-order valence-electron chi connectivity index (χ0n) is 16.8. The molecule has 0 aliphatic heterocycles. The minimum atomic E-state index is 0.154. The van der Waals surface area contributed by atoms with E-state index in [1.807, 2.05) is 31.4 Å². The Balaban J connectivity index is 4.39. The van der Waals surface area contributed by atoms with E-state index in [0.717, 1.165) is 33.3 Å². The average molecular weight is 415 g/mol. The first-order valence-electron chi connectivity index (χ1n) is 8.80. The molecule has 0 aliphatic rings. The smallest absolute Gasteiger partial charge is 0.0544 e. The van der Waals surface area contributed by atoms with Crippen molar-refractivity contribution in [2.24, 2.45) is 0 Å². The second-order valence-electron chi connectivity index (χ2n) is 7.44. The molecular weight excluding hydrogens is 377 g/mol. The van der Waals surface area contributed by atoms with E-state index in [9.17, 15) is 0 Å². The van der Waals surface area contributed by atoms with E-state index in [2.05, 4.69) is 55.4 Å². The van der Waals surface area contributed by atoms with E-state index in [1.54, 1.807) is 0 Å². The lowest BCUT2D eigenvalue weighted by Gasteiger charge is -2.35. The van der Waals surface area contributed by atoms with Gasteiger partial charge in [0.1, 0.15) is 0 Å². The van der Waals surface area contributed by atoms with Crippen molar-refractivity contribution in [3.8, 4) is 0 Å². The zero-order valence-corrected chi connectivity index (χ0v) is 23.2. The second-order valence-corrected chi connectivity index (χ2v) is 14.7. The van der Waals surface area contributed by atoms with Crippen LogP contribution >= 0.6 is 31.4 Å². The third-order valence-corrected chi connectivity index (χ3v) is 14.6. The molecule has 0 spiro atoms. The van der Waals surface area contributed by atoms with Crippen molar-refractivity contribution in [2.75, 3.05) is 0 Å². The zero-order chi connectivity index (χ0) is 18.3. The first-order chi connectivity index (χ1) is 10.5. The fourth-order valence-corrected chi connectivity index (χ4v) is 10.4. The third-order valence-electron chi connectivity index (χ3n) is 4.48. The average Bonchev–Trinajstić information content (AvgIpc) is 2.46. The second kappa shape index (κ2) is 11.2. The van der Waals surface area contributed by atoms with Crippen LogP contribution in [0.25, 0.3) is 0 Å². The quantitative estimate of drug-likeness (QED) is 0.358. The summed E-state index contributed by atoms with van der Waals surface area (Å²) < 4.78 is 12.6. The van der Waals surface area contributed by atoms with Crippen molar-refractivity contribution in [1.29, 1.82) is 0 Å². The van der Waals surface area contributed by atoms with Crippen LogP contribution in [0.3, 0.4) is 0 Å². The van der Waals surface area contributed by atoms with E-state index < -0.39 is 0 Å². The molecule has 0 aliphatic carbocycles.